The fourth-order valence-corrected chi connectivity index (χ4v) is 4.71. The van der Waals surface area contributed by atoms with Crippen molar-refractivity contribution in [2.24, 2.45) is 17.8 Å². The Morgan fingerprint density at radius 1 is 1.22 bits per heavy atom. The predicted molar refractivity (Wildman–Crippen MR) is 68.2 cm³/mol. The van der Waals surface area contributed by atoms with Gasteiger partial charge in [0.15, 0.2) is 0 Å². The second kappa shape index (κ2) is 4.37. The molecule has 0 atom stereocenters. The topological polar surface area (TPSA) is 46.5 Å². The molecule has 3 nitrogen and oxygen atoms in total. The number of carbonyl (C=O) groups is 1. The Morgan fingerprint density at radius 3 is 2.11 bits per heavy atom. The van der Waals surface area contributed by atoms with Gasteiger partial charge in [-0.1, -0.05) is 6.08 Å². The van der Waals surface area contributed by atoms with E-state index in [0.717, 1.165) is 37.0 Å². The maximum atomic E-state index is 11.0. The minimum atomic E-state index is -0.845. The molecular weight excluding hydrogens is 228 g/mol. The van der Waals surface area contributed by atoms with Crippen LogP contribution in [0.15, 0.2) is 11.6 Å². The fourth-order valence-electron chi connectivity index (χ4n) is 4.71. The van der Waals surface area contributed by atoms with Crippen LogP contribution in [-0.2, 0) is 9.53 Å². The molecule has 0 amide bonds. The summed E-state index contributed by atoms with van der Waals surface area (Å²) in [4.78, 5) is 11.0. The van der Waals surface area contributed by atoms with Gasteiger partial charge in [-0.15, -0.1) is 0 Å². The lowest BCUT2D eigenvalue weighted by atomic mass is 9.54. The molecule has 0 aliphatic heterocycles. The molecule has 0 spiro atoms. The van der Waals surface area contributed by atoms with E-state index in [1.54, 1.807) is 13.0 Å². The molecule has 4 rings (SSSR count). The van der Waals surface area contributed by atoms with E-state index < -0.39 is 5.97 Å². The van der Waals surface area contributed by atoms with E-state index in [1.165, 1.54) is 19.3 Å². The minimum Gasteiger partial charge on any atom is -0.478 e. The normalized spacial score (nSPS) is 42.3. The van der Waals surface area contributed by atoms with Gasteiger partial charge in [0.1, 0.15) is 0 Å². The molecule has 0 unspecified atom stereocenters. The van der Waals surface area contributed by atoms with Gasteiger partial charge in [-0.2, -0.15) is 0 Å². The molecule has 4 aliphatic carbocycles. The number of hydrogen-bond donors (Lipinski definition) is 1. The van der Waals surface area contributed by atoms with Crippen molar-refractivity contribution in [3.8, 4) is 0 Å². The van der Waals surface area contributed by atoms with Gasteiger partial charge in [-0.05, 0) is 63.2 Å². The van der Waals surface area contributed by atoms with Crippen molar-refractivity contribution in [3.63, 3.8) is 0 Å². The first kappa shape index (κ1) is 12.2. The van der Waals surface area contributed by atoms with Crippen molar-refractivity contribution in [1.82, 2.24) is 0 Å². The standard InChI is InChI=1S/C15H22O3/c1-2-13(14(16)17)9-18-15-6-10-3-11(7-15)5-12(4-10)8-15/h2,10-12H,3-9H2,1H3,(H,16,17)/b13-2+. The molecule has 0 saturated heterocycles. The summed E-state index contributed by atoms with van der Waals surface area (Å²) >= 11 is 0. The van der Waals surface area contributed by atoms with E-state index in [9.17, 15) is 4.79 Å². The molecule has 0 radical (unpaired) electrons. The third-order valence-electron chi connectivity index (χ3n) is 5.14. The molecule has 0 aromatic rings. The molecule has 0 aromatic carbocycles. The molecule has 100 valence electrons. The molecule has 0 aromatic heterocycles. The predicted octanol–water partition coefficient (Wildman–Crippen LogP) is 3.00. The van der Waals surface area contributed by atoms with Gasteiger partial charge in [0.25, 0.3) is 0 Å². The van der Waals surface area contributed by atoms with E-state index in [0.29, 0.717) is 5.57 Å². The van der Waals surface area contributed by atoms with Gasteiger partial charge in [0, 0.05) is 0 Å². The van der Waals surface area contributed by atoms with Gasteiger partial charge in [-0.3, -0.25) is 0 Å². The first-order valence-corrected chi connectivity index (χ1v) is 7.13. The Hall–Kier alpha value is -0.830. The molecule has 4 aliphatic rings. The number of carboxylic acid groups (broad SMARTS) is 1. The first-order valence-electron chi connectivity index (χ1n) is 7.13. The lowest BCUT2D eigenvalue weighted by Gasteiger charge is -2.56. The Labute approximate surface area is 108 Å². The molecule has 0 heterocycles. The van der Waals surface area contributed by atoms with Gasteiger partial charge < -0.3 is 9.84 Å². The van der Waals surface area contributed by atoms with Crippen LogP contribution in [0.3, 0.4) is 0 Å². The van der Waals surface area contributed by atoms with Gasteiger partial charge in [-0.25, -0.2) is 4.79 Å². The summed E-state index contributed by atoms with van der Waals surface area (Å²) in [7, 11) is 0. The van der Waals surface area contributed by atoms with Crippen molar-refractivity contribution in [1.29, 1.82) is 0 Å². The highest BCUT2D eigenvalue weighted by molar-refractivity contribution is 5.86. The highest BCUT2D eigenvalue weighted by Crippen LogP contribution is 2.57. The van der Waals surface area contributed by atoms with Crippen LogP contribution in [0, 0.1) is 17.8 Å². The second-order valence-electron chi connectivity index (χ2n) is 6.51. The Balaban J connectivity index is 1.67. The van der Waals surface area contributed by atoms with Gasteiger partial charge in [0.2, 0.25) is 0 Å². The van der Waals surface area contributed by atoms with E-state index in [1.807, 2.05) is 0 Å². The first-order chi connectivity index (χ1) is 8.60. The van der Waals surface area contributed by atoms with Crippen LogP contribution in [0.2, 0.25) is 0 Å². The molecule has 1 N–H and O–H groups in total. The number of allylic oxidation sites excluding steroid dienone is 1. The van der Waals surface area contributed by atoms with E-state index in [2.05, 4.69) is 0 Å². The molecular formula is C15H22O3. The smallest absolute Gasteiger partial charge is 0.333 e. The van der Waals surface area contributed by atoms with Crippen LogP contribution in [0.25, 0.3) is 0 Å². The monoisotopic (exact) mass is 250 g/mol. The van der Waals surface area contributed by atoms with E-state index >= 15 is 0 Å². The molecule has 18 heavy (non-hydrogen) atoms. The lowest BCUT2D eigenvalue weighted by Crippen LogP contribution is -2.52. The molecule has 4 bridgehead atoms. The van der Waals surface area contributed by atoms with Crippen LogP contribution >= 0.6 is 0 Å². The molecule has 4 fully saturated rings. The number of hydrogen-bond acceptors (Lipinski definition) is 2. The highest BCUT2D eigenvalue weighted by atomic mass is 16.5. The van der Waals surface area contributed by atoms with Crippen molar-refractivity contribution in [3.05, 3.63) is 11.6 Å². The maximum Gasteiger partial charge on any atom is 0.333 e. The Bertz CT molecular complexity index is 348. The maximum absolute atomic E-state index is 11.0. The van der Waals surface area contributed by atoms with Crippen molar-refractivity contribution in [2.45, 2.75) is 51.0 Å². The SMILES string of the molecule is C/C=C(\COC12CC3CC(CC(C3)C1)C2)C(=O)O. The van der Waals surface area contributed by atoms with Gasteiger partial charge in [0.05, 0.1) is 17.8 Å². The largest absolute Gasteiger partial charge is 0.478 e. The van der Waals surface area contributed by atoms with Crippen LogP contribution in [0.5, 0.6) is 0 Å². The average Bonchev–Trinajstić information content (AvgIpc) is 2.27. The van der Waals surface area contributed by atoms with Crippen LogP contribution in [0.4, 0.5) is 0 Å². The summed E-state index contributed by atoms with van der Waals surface area (Å²) in [5, 5.41) is 9.04. The van der Waals surface area contributed by atoms with Crippen molar-refractivity contribution in [2.75, 3.05) is 6.61 Å². The van der Waals surface area contributed by atoms with Crippen LogP contribution in [-0.4, -0.2) is 23.3 Å². The summed E-state index contributed by atoms with van der Waals surface area (Å²) in [5.74, 6) is 1.68. The summed E-state index contributed by atoms with van der Waals surface area (Å²) in [6.07, 6.45) is 9.30. The molecule has 3 heteroatoms. The van der Waals surface area contributed by atoms with E-state index in [4.69, 9.17) is 9.84 Å². The number of aliphatic carboxylic acids is 1. The lowest BCUT2D eigenvalue weighted by molar-refractivity contribution is -0.159. The molecule has 4 saturated carbocycles. The number of ether oxygens (including phenoxy) is 1. The van der Waals surface area contributed by atoms with Crippen LogP contribution < -0.4 is 0 Å². The quantitative estimate of drug-likeness (QED) is 0.780. The van der Waals surface area contributed by atoms with Crippen molar-refractivity contribution < 1.29 is 14.6 Å². The van der Waals surface area contributed by atoms with Crippen LogP contribution in [0.1, 0.15) is 45.4 Å². The summed E-state index contributed by atoms with van der Waals surface area (Å²) in [6, 6.07) is 0. The second-order valence-corrected chi connectivity index (χ2v) is 6.51. The van der Waals surface area contributed by atoms with E-state index in [-0.39, 0.29) is 12.2 Å². The Morgan fingerprint density at radius 2 is 1.72 bits per heavy atom. The third-order valence-corrected chi connectivity index (χ3v) is 5.14. The zero-order chi connectivity index (χ0) is 12.8. The van der Waals surface area contributed by atoms with Gasteiger partial charge >= 0.3 is 5.97 Å². The summed E-state index contributed by atoms with van der Waals surface area (Å²) in [6.45, 7) is 2.05. The zero-order valence-electron chi connectivity index (χ0n) is 11.0. The fraction of sp³-hybridized carbons (Fsp3) is 0.800. The summed E-state index contributed by atoms with van der Waals surface area (Å²) < 4.78 is 6.11. The summed E-state index contributed by atoms with van der Waals surface area (Å²) in [5.41, 5.74) is 0.407. The number of rotatable bonds is 4. The average molecular weight is 250 g/mol. The number of carboxylic acids is 1. The minimum absolute atomic E-state index is 0.0124. The van der Waals surface area contributed by atoms with Crippen molar-refractivity contribution >= 4 is 5.97 Å². The Kier molecular flexibility index (Phi) is 2.97. The third kappa shape index (κ3) is 2.09. The highest BCUT2D eigenvalue weighted by Gasteiger charge is 2.51. The zero-order valence-corrected chi connectivity index (χ0v) is 11.0.